The molecule has 0 aliphatic heterocycles. The van der Waals surface area contributed by atoms with Gasteiger partial charge in [-0.3, -0.25) is 9.10 Å². The van der Waals surface area contributed by atoms with Crippen molar-refractivity contribution >= 4 is 21.6 Å². The highest BCUT2D eigenvalue weighted by Crippen LogP contribution is 2.25. The number of benzene rings is 3. The molecule has 5 nitrogen and oxygen atoms in total. The average Bonchev–Trinajstić information content (AvgIpc) is 2.82. The smallest absolute Gasteiger partial charge is 0.251 e. The minimum absolute atomic E-state index is 0.116. The third-order valence-corrected chi connectivity index (χ3v) is 7.35. The molecule has 33 heavy (non-hydrogen) atoms. The van der Waals surface area contributed by atoms with E-state index >= 15 is 0 Å². The summed E-state index contributed by atoms with van der Waals surface area (Å²) in [5.74, 6) is -0.180. The fourth-order valence-electron chi connectivity index (χ4n) is 4.31. The maximum atomic E-state index is 12.8. The Balaban J connectivity index is 1.47. The Morgan fingerprint density at radius 1 is 0.939 bits per heavy atom. The minimum Gasteiger partial charge on any atom is -0.346 e. The molecule has 172 valence electrons. The first-order chi connectivity index (χ1) is 15.8. The van der Waals surface area contributed by atoms with Gasteiger partial charge in [-0.15, -0.1) is 0 Å². The molecule has 3 aromatic carbocycles. The van der Waals surface area contributed by atoms with E-state index in [0.717, 1.165) is 24.0 Å². The molecule has 1 aliphatic carbocycles. The Labute approximate surface area is 196 Å². The molecular weight excluding hydrogens is 432 g/mol. The van der Waals surface area contributed by atoms with E-state index in [-0.39, 0.29) is 18.5 Å². The van der Waals surface area contributed by atoms with E-state index in [0.29, 0.717) is 11.3 Å². The third kappa shape index (κ3) is 5.63. The molecule has 6 heteroatoms. The van der Waals surface area contributed by atoms with Crippen LogP contribution in [0.15, 0.2) is 72.8 Å². The molecule has 1 N–H and O–H groups in total. The topological polar surface area (TPSA) is 66.5 Å². The van der Waals surface area contributed by atoms with Gasteiger partial charge in [-0.2, -0.15) is 0 Å². The van der Waals surface area contributed by atoms with E-state index in [9.17, 15) is 13.2 Å². The number of sulfonamides is 1. The molecule has 0 fully saturated rings. The van der Waals surface area contributed by atoms with Crippen LogP contribution in [0, 0.1) is 0 Å². The van der Waals surface area contributed by atoms with Crippen LogP contribution in [0.25, 0.3) is 0 Å². The van der Waals surface area contributed by atoms with Crippen LogP contribution in [-0.4, -0.2) is 20.6 Å². The lowest BCUT2D eigenvalue weighted by atomic mass is 9.89. The predicted octanol–water partition coefficient (Wildman–Crippen LogP) is 5.02. The number of nitrogens with one attached hydrogen (secondary N) is 1. The van der Waals surface area contributed by atoms with E-state index in [1.807, 2.05) is 37.3 Å². The van der Waals surface area contributed by atoms with E-state index in [4.69, 9.17) is 0 Å². The van der Waals surface area contributed by atoms with Gasteiger partial charge in [-0.1, -0.05) is 48.5 Å². The first kappa shape index (κ1) is 23.1. The van der Waals surface area contributed by atoms with Gasteiger partial charge in [-0.25, -0.2) is 8.42 Å². The van der Waals surface area contributed by atoms with Crippen LogP contribution in [0.3, 0.4) is 0 Å². The lowest BCUT2D eigenvalue weighted by Crippen LogP contribution is -2.29. The first-order valence-corrected chi connectivity index (χ1v) is 13.2. The van der Waals surface area contributed by atoms with Gasteiger partial charge >= 0.3 is 0 Å². The molecule has 0 heterocycles. The lowest BCUT2D eigenvalue weighted by Gasteiger charge is -2.23. The highest BCUT2D eigenvalue weighted by molar-refractivity contribution is 7.92. The summed E-state index contributed by atoms with van der Waals surface area (Å²) in [7, 11) is -3.48. The molecule has 4 rings (SSSR count). The second kappa shape index (κ2) is 9.79. The van der Waals surface area contributed by atoms with Crippen LogP contribution in [0.1, 0.15) is 58.4 Å². The average molecular weight is 463 g/mol. The maximum Gasteiger partial charge on any atom is 0.251 e. The van der Waals surface area contributed by atoms with Crippen molar-refractivity contribution < 1.29 is 13.2 Å². The van der Waals surface area contributed by atoms with Crippen molar-refractivity contribution in [2.24, 2.45) is 0 Å². The zero-order valence-electron chi connectivity index (χ0n) is 19.1. The zero-order chi connectivity index (χ0) is 23.4. The summed E-state index contributed by atoms with van der Waals surface area (Å²) in [5, 5.41) is 3.07. The molecule has 1 aliphatic rings. The van der Waals surface area contributed by atoms with Crippen molar-refractivity contribution in [1.82, 2.24) is 5.32 Å². The van der Waals surface area contributed by atoms with Gasteiger partial charge in [0, 0.05) is 5.56 Å². The molecule has 1 atom stereocenters. The number of rotatable bonds is 7. The highest BCUT2D eigenvalue weighted by Gasteiger charge is 2.19. The molecule has 0 aromatic heterocycles. The molecule has 0 saturated heterocycles. The summed E-state index contributed by atoms with van der Waals surface area (Å²) in [6.07, 6.45) is 5.90. The van der Waals surface area contributed by atoms with Crippen LogP contribution >= 0.6 is 0 Å². The van der Waals surface area contributed by atoms with Crippen LogP contribution in [0.2, 0.25) is 0 Å². The number of carbonyl (C=O) groups excluding carboxylic acids is 1. The number of fused-ring (bicyclic) bond motifs is 1. The molecule has 0 bridgehead atoms. The molecule has 0 radical (unpaired) electrons. The Bertz CT molecular complexity index is 1220. The van der Waals surface area contributed by atoms with Crippen molar-refractivity contribution in [2.45, 2.75) is 45.2 Å². The zero-order valence-corrected chi connectivity index (χ0v) is 19.9. The Kier molecular flexibility index (Phi) is 6.84. The van der Waals surface area contributed by atoms with Gasteiger partial charge in [0.25, 0.3) is 5.91 Å². The van der Waals surface area contributed by atoms with Crippen molar-refractivity contribution in [3.05, 3.63) is 101 Å². The summed E-state index contributed by atoms with van der Waals surface area (Å²) in [6.45, 7) is 2.22. The van der Waals surface area contributed by atoms with Gasteiger partial charge in [0.05, 0.1) is 24.5 Å². The Morgan fingerprint density at radius 3 is 2.27 bits per heavy atom. The van der Waals surface area contributed by atoms with Crippen molar-refractivity contribution in [3.63, 3.8) is 0 Å². The van der Waals surface area contributed by atoms with E-state index in [1.165, 1.54) is 34.5 Å². The van der Waals surface area contributed by atoms with E-state index in [1.54, 1.807) is 24.3 Å². The fourth-order valence-corrected chi connectivity index (χ4v) is 5.20. The SMILES string of the molecule is CC(NC(=O)c1ccc(N(Cc2ccccc2)S(C)(=O)=O)cc1)c1ccc2c(c1)CCCC2. The van der Waals surface area contributed by atoms with Crippen molar-refractivity contribution in [3.8, 4) is 0 Å². The second-order valence-electron chi connectivity index (χ2n) is 8.73. The highest BCUT2D eigenvalue weighted by atomic mass is 32.2. The summed E-state index contributed by atoms with van der Waals surface area (Å²) < 4.78 is 26.2. The monoisotopic (exact) mass is 462 g/mol. The quantitative estimate of drug-likeness (QED) is 0.536. The Morgan fingerprint density at radius 2 is 1.61 bits per heavy atom. The van der Waals surface area contributed by atoms with E-state index in [2.05, 4.69) is 23.5 Å². The van der Waals surface area contributed by atoms with Gasteiger partial charge in [-0.05, 0) is 79.1 Å². The van der Waals surface area contributed by atoms with Crippen LogP contribution in [0.4, 0.5) is 5.69 Å². The third-order valence-electron chi connectivity index (χ3n) is 6.21. The summed E-state index contributed by atoms with van der Waals surface area (Å²) >= 11 is 0. The summed E-state index contributed by atoms with van der Waals surface area (Å²) in [6, 6.07) is 22.5. The second-order valence-corrected chi connectivity index (χ2v) is 10.6. The number of amides is 1. The van der Waals surface area contributed by atoms with Crippen molar-refractivity contribution in [1.29, 1.82) is 0 Å². The van der Waals surface area contributed by atoms with Crippen molar-refractivity contribution in [2.75, 3.05) is 10.6 Å². The summed E-state index contributed by atoms with van der Waals surface area (Å²) in [4.78, 5) is 12.8. The predicted molar refractivity (Wildman–Crippen MR) is 133 cm³/mol. The van der Waals surface area contributed by atoms with Gasteiger partial charge in [0.15, 0.2) is 0 Å². The number of nitrogens with zero attached hydrogens (tertiary/aromatic N) is 1. The minimum atomic E-state index is -3.48. The normalized spacial score (nSPS) is 14.2. The van der Waals surface area contributed by atoms with Crippen LogP contribution in [-0.2, 0) is 29.4 Å². The van der Waals surface area contributed by atoms with Gasteiger partial charge in [0.2, 0.25) is 10.0 Å². The molecule has 1 amide bonds. The number of anilines is 1. The fraction of sp³-hybridized carbons (Fsp3) is 0.296. The van der Waals surface area contributed by atoms with Gasteiger partial charge < -0.3 is 5.32 Å². The van der Waals surface area contributed by atoms with Crippen LogP contribution < -0.4 is 9.62 Å². The number of hydrogen-bond acceptors (Lipinski definition) is 3. The molecule has 0 saturated carbocycles. The largest absolute Gasteiger partial charge is 0.346 e. The standard InChI is InChI=1S/C27H30N2O3S/c1-20(24-13-12-22-10-6-7-11-25(22)18-24)28-27(30)23-14-16-26(17-15-23)29(33(2,31)32)19-21-8-4-3-5-9-21/h3-5,8-9,12-18,20H,6-7,10-11,19H2,1-2H3,(H,28,30). The summed E-state index contributed by atoms with van der Waals surface area (Å²) in [5.41, 5.74) is 5.83. The number of hydrogen-bond donors (Lipinski definition) is 1. The molecule has 3 aromatic rings. The maximum absolute atomic E-state index is 12.8. The molecule has 0 spiro atoms. The van der Waals surface area contributed by atoms with Gasteiger partial charge in [0.1, 0.15) is 0 Å². The Hall–Kier alpha value is -3.12. The first-order valence-electron chi connectivity index (χ1n) is 11.4. The van der Waals surface area contributed by atoms with Crippen LogP contribution in [0.5, 0.6) is 0 Å². The molecular formula is C27H30N2O3S. The number of aryl methyl sites for hydroxylation is 2. The number of carbonyl (C=O) groups is 1. The van der Waals surface area contributed by atoms with E-state index < -0.39 is 10.0 Å². The molecule has 1 unspecified atom stereocenters. The lowest BCUT2D eigenvalue weighted by molar-refractivity contribution is 0.0940.